The van der Waals surface area contributed by atoms with Crippen molar-refractivity contribution in [2.45, 2.75) is 25.2 Å². The van der Waals surface area contributed by atoms with Gasteiger partial charge in [-0.3, -0.25) is 0 Å². The fraction of sp³-hybridized carbons (Fsp3) is 0.455. The van der Waals surface area contributed by atoms with Crippen molar-refractivity contribution >= 4 is 19.7 Å². The Hall–Kier alpha value is -0.610. The minimum Gasteiger partial charge on any atom is -0.212 e. The summed E-state index contributed by atoms with van der Waals surface area (Å²) < 4.78 is 34.7. The van der Waals surface area contributed by atoms with Crippen LogP contribution in [-0.2, 0) is 15.5 Å². The van der Waals surface area contributed by atoms with Crippen LogP contribution in [-0.4, -0.2) is 14.2 Å². The van der Waals surface area contributed by atoms with Gasteiger partial charge in [-0.2, -0.15) is 0 Å². The third-order valence-electron chi connectivity index (χ3n) is 3.02. The predicted molar refractivity (Wildman–Crippen MR) is 61.7 cm³/mol. The van der Waals surface area contributed by atoms with Gasteiger partial charge in [0.05, 0.1) is 5.75 Å². The first kappa shape index (κ1) is 11.9. The van der Waals surface area contributed by atoms with Gasteiger partial charge in [-0.05, 0) is 48.4 Å². The maximum absolute atomic E-state index is 12.9. The molecule has 0 spiro atoms. The molecule has 0 aliphatic heterocycles. The summed E-state index contributed by atoms with van der Waals surface area (Å²) in [5.74, 6) is -0.0516. The van der Waals surface area contributed by atoms with E-state index in [9.17, 15) is 12.8 Å². The van der Waals surface area contributed by atoms with Gasteiger partial charge < -0.3 is 0 Å². The largest absolute Gasteiger partial charge is 0.232 e. The molecule has 0 radical (unpaired) electrons. The second kappa shape index (κ2) is 4.34. The van der Waals surface area contributed by atoms with Crippen LogP contribution < -0.4 is 0 Å². The van der Waals surface area contributed by atoms with E-state index in [-0.39, 0.29) is 17.5 Å². The first-order valence-electron chi connectivity index (χ1n) is 5.16. The van der Waals surface area contributed by atoms with Crippen LogP contribution >= 0.6 is 10.7 Å². The van der Waals surface area contributed by atoms with Crippen LogP contribution in [0.5, 0.6) is 0 Å². The second-order valence-corrected chi connectivity index (χ2v) is 7.01. The smallest absolute Gasteiger partial charge is 0.212 e. The molecule has 0 bridgehead atoms. The molecule has 1 unspecified atom stereocenters. The second-order valence-electron chi connectivity index (χ2n) is 4.11. The molecule has 0 saturated carbocycles. The number of benzene rings is 1. The lowest BCUT2D eigenvalue weighted by Crippen LogP contribution is -2.03. The molecule has 0 N–H and O–H groups in total. The van der Waals surface area contributed by atoms with Gasteiger partial charge in [0.25, 0.3) is 0 Å². The van der Waals surface area contributed by atoms with E-state index in [1.807, 2.05) is 0 Å². The molecule has 0 saturated heterocycles. The summed E-state index contributed by atoms with van der Waals surface area (Å²) in [5.41, 5.74) is 2.07. The van der Waals surface area contributed by atoms with E-state index >= 15 is 0 Å². The Kier molecular flexibility index (Phi) is 3.22. The van der Waals surface area contributed by atoms with E-state index in [4.69, 9.17) is 10.7 Å². The third-order valence-corrected chi connectivity index (χ3v) is 4.20. The van der Waals surface area contributed by atoms with E-state index in [2.05, 4.69) is 0 Å². The Labute approximate surface area is 98.8 Å². The first-order valence-corrected chi connectivity index (χ1v) is 7.64. The van der Waals surface area contributed by atoms with E-state index in [0.29, 0.717) is 6.42 Å². The summed E-state index contributed by atoms with van der Waals surface area (Å²) in [6.07, 6.45) is 2.22. The minimum absolute atomic E-state index is 0.0178. The number of fused-ring (bicyclic) bond motifs is 1. The van der Waals surface area contributed by atoms with Crippen LogP contribution in [0.25, 0.3) is 0 Å². The molecule has 1 aromatic carbocycles. The number of aryl methyl sites for hydroxylation is 1. The van der Waals surface area contributed by atoms with Crippen LogP contribution in [0.1, 0.15) is 29.9 Å². The number of halogens is 2. The SMILES string of the molecule is O=S(=O)(Cl)CCC1CCc2cc(F)ccc21. The van der Waals surface area contributed by atoms with Gasteiger partial charge in [0.1, 0.15) is 5.82 Å². The van der Waals surface area contributed by atoms with Crippen LogP contribution in [0.4, 0.5) is 4.39 Å². The fourth-order valence-electron chi connectivity index (χ4n) is 2.26. The fourth-order valence-corrected chi connectivity index (χ4v) is 3.09. The maximum atomic E-state index is 12.9. The van der Waals surface area contributed by atoms with E-state index in [0.717, 1.165) is 24.0 Å². The van der Waals surface area contributed by atoms with Gasteiger partial charge in [-0.1, -0.05) is 6.07 Å². The zero-order valence-corrected chi connectivity index (χ0v) is 10.2. The number of rotatable bonds is 3. The quantitative estimate of drug-likeness (QED) is 0.785. The highest BCUT2D eigenvalue weighted by molar-refractivity contribution is 8.13. The molecule has 1 aliphatic rings. The third kappa shape index (κ3) is 2.74. The van der Waals surface area contributed by atoms with Crippen molar-refractivity contribution in [3.05, 3.63) is 35.1 Å². The summed E-state index contributed by atoms with van der Waals surface area (Å²) in [5, 5.41) is 0. The molecule has 1 atom stereocenters. The van der Waals surface area contributed by atoms with Crippen molar-refractivity contribution in [3.8, 4) is 0 Å². The average molecular weight is 263 g/mol. The van der Waals surface area contributed by atoms with Crippen molar-refractivity contribution in [2.75, 3.05) is 5.75 Å². The van der Waals surface area contributed by atoms with Gasteiger partial charge >= 0.3 is 0 Å². The van der Waals surface area contributed by atoms with E-state index in [1.165, 1.54) is 12.1 Å². The maximum Gasteiger partial charge on any atom is 0.232 e. The summed E-state index contributed by atoms with van der Waals surface area (Å²) in [6.45, 7) is 0. The zero-order valence-electron chi connectivity index (χ0n) is 8.62. The summed E-state index contributed by atoms with van der Waals surface area (Å²) in [6, 6.07) is 4.71. The zero-order chi connectivity index (χ0) is 11.8. The Balaban J connectivity index is 2.12. The van der Waals surface area contributed by atoms with Crippen molar-refractivity contribution < 1.29 is 12.8 Å². The molecular formula is C11H12ClFO2S. The van der Waals surface area contributed by atoms with Crippen molar-refractivity contribution in [2.24, 2.45) is 0 Å². The van der Waals surface area contributed by atoms with Crippen molar-refractivity contribution in [1.29, 1.82) is 0 Å². The van der Waals surface area contributed by atoms with Gasteiger partial charge in [0, 0.05) is 10.7 Å². The first-order chi connectivity index (χ1) is 7.46. The van der Waals surface area contributed by atoms with Gasteiger partial charge in [0.15, 0.2) is 0 Å². The molecule has 2 nitrogen and oxygen atoms in total. The Morgan fingerprint density at radius 2 is 2.19 bits per heavy atom. The molecule has 88 valence electrons. The number of hydrogen-bond acceptors (Lipinski definition) is 2. The number of hydrogen-bond donors (Lipinski definition) is 0. The normalized spacial score (nSPS) is 19.8. The van der Waals surface area contributed by atoms with Crippen molar-refractivity contribution in [3.63, 3.8) is 0 Å². The Morgan fingerprint density at radius 3 is 2.88 bits per heavy atom. The lowest BCUT2D eigenvalue weighted by Gasteiger charge is -2.09. The minimum atomic E-state index is -3.42. The van der Waals surface area contributed by atoms with Gasteiger partial charge in [0.2, 0.25) is 9.05 Å². The standard InChI is InChI=1S/C11H12ClFO2S/c12-16(14,15)6-5-8-1-2-9-7-10(13)3-4-11(8)9/h3-4,7-8H,1-2,5-6H2. The predicted octanol–water partition coefficient (Wildman–Crippen LogP) is 2.81. The molecule has 0 heterocycles. The highest BCUT2D eigenvalue weighted by atomic mass is 35.7. The highest BCUT2D eigenvalue weighted by Crippen LogP contribution is 2.36. The van der Waals surface area contributed by atoms with Crippen LogP contribution in [0.2, 0.25) is 0 Å². The molecule has 0 aromatic heterocycles. The topological polar surface area (TPSA) is 34.1 Å². The molecule has 5 heteroatoms. The van der Waals surface area contributed by atoms with Gasteiger partial charge in [-0.15, -0.1) is 0 Å². The Morgan fingerprint density at radius 1 is 1.44 bits per heavy atom. The van der Waals surface area contributed by atoms with E-state index in [1.54, 1.807) is 6.07 Å². The highest BCUT2D eigenvalue weighted by Gasteiger charge is 2.23. The summed E-state index contributed by atoms with van der Waals surface area (Å²) in [7, 11) is 1.75. The molecule has 0 amide bonds. The van der Waals surface area contributed by atoms with Crippen LogP contribution in [0.15, 0.2) is 18.2 Å². The molecule has 2 rings (SSSR count). The van der Waals surface area contributed by atoms with E-state index < -0.39 is 9.05 Å². The molecule has 1 aromatic rings. The summed E-state index contributed by atoms with van der Waals surface area (Å²) in [4.78, 5) is 0. The van der Waals surface area contributed by atoms with Gasteiger partial charge in [-0.25, -0.2) is 12.8 Å². The average Bonchev–Trinajstić information content (AvgIpc) is 2.56. The molecule has 1 aliphatic carbocycles. The Bertz CT molecular complexity index is 499. The lowest BCUT2D eigenvalue weighted by atomic mass is 9.99. The lowest BCUT2D eigenvalue weighted by molar-refractivity contribution is 0.594. The monoisotopic (exact) mass is 262 g/mol. The van der Waals surface area contributed by atoms with Crippen LogP contribution in [0, 0.1) is 5.82 Å². The molecule has 0 fully saturated rings. The summed E-state index contributed by atoms with van der Waals surface area (Å²) >= 11 is 0. The van der Waals surface area contributed by atoms with Crippen molar-refractivity contribution in [1.82, 2.24) is 0 Å². The molecule has 16 heavy (non-hydrogen) atoms. The molecular weight excluding hydrogens is 251 g/mol. The van der Waals surface area contributed by atoms with Crippen LogP contribution in [0.3, 0.4) is 0 Å².